The van der Waals surface area contributed by atoms with Crippen LogP contribution in [0.15, 0.2) is 24.3 Å². The summed E-state index contributed by atoms with van der Waals surface area (Å²) < 4.78 is 0. The van der Waals surface area contributed by atoms with Crippen molar-refractivity contribution in [2.24, 2.45) is 0 Å². The fourth-order valence-electron chi connectivity index (χ4n) is 2.12. The molecule has 0 unspecified atom stereocenters. The minimum atomic E-state index is -0.0566. The van der Waals surface area contributed by atoms with Crippen molar-refractivity contribution in [2.45, 2.75) is 19.9 Å². The van der Waals surface area contributed by atoms with Gasteiger partial charge in [-0.1, -0.05) is 29.8 Å². The Morgan fingerprint density at radius 2 is 1.67 bits per heavy atom. The normalized spacial score (nSPS) is 10.4. The molecule has 0 fully saturated rings. The number of rotatable bonds is 6. The van der Waals surface area contributed by atoms with Gasteiger partial charge >= 0.3 is 0 Å². The van der Waals surface area contributed by atoms with E-state index in [0.29, 0.717) is 24.1 Å². The van der Waals surface area contributed by atoms with E-state index >= 15 is 0 Å². The molecular formula is C17H24N6O. The fourth-order valence-corrected chi connectivity index (χ4v) is 2.12. The van der Waals surface area contributed by atoms with Crippen LogP contribution in [0.1, 0.15) is 17.0 Å². The monoisotopic (exact) mass is 328 g/mol. The lowest BCUT2D eigenvalue weighted by atomic mass is 10.1. The molecule has 1 amide bonds. The Kier molecular flexibility index (Phi) is 5.68. The summed E-state index contributed by atoms with van der Waals surface area (Å²) in [6, 6.07) is 7.93. The van der Waals surface area contributed by atoms with Crippen LogP contribution in [0.3, 0.4) is 0 Å². The summed E-state index contributed by atoms with van der Waals surface area (Å²) in [5.41, 5.74) is 2.13. The zero-order chi connectivity index (χ0) is 17.7. The summed E-state index contributed by atoms with van der Waals surface area (Å²) in [6.45, 7) is 2.28. The third kappa shape index (κ3) is 4.91. The van der Waals surface area contributed by atoms with Gasteiger partial charge in [-0.05, 0) is 12.5 Å². The quantitative estimate of drug-likeness (QED) is 0.858. The molecule has 1 aromatic heterocycles. The van der Waals surface area contributed by atoms with E-state index in [9.17, 15) is 4.79 Å². The topological polar surface area (TPSA) is 74.2 Å². The Bertz CT molecular complexity index is 688. The van der Waals surface area contributed by atoms with Gasteiger partial charge in [0.25, 0.3) is 0 Å². The molecule has 0 saturated heterocycles. The number of anilines is 2. The molecule has 0 atom stereocenters. The Labute approximate surface area is 142 Å². The SMILES string of the molecule is Cc1cccc(CC(=O)NCc2nc(N(C)C)nc(N(C)C)n2)c1. The van der Waals surface area contributed by atoms with Crippen molar-refractivity contribution in [2.75, 3.05) is 38.0 Å². The molecule has 0 saturated carbocycles. The van der Waals surface area contributed by atoms with Crippen LogP contribution in [0.5, 0.6) is 0 Å². The average molecular weight is 328 g/mol. The van der Waals surface area contributed by atoms with Crippen molar-refractivity contribution in [3.63, 3.8) is 0 Å². The molecular weight excluding hydrogens is 304 g/mol. The predicted molar refractivity (Wildman–Crippen MR) is 95.2 cm³/mol. The van der Waals surface area contributed by atoms with Gasteiger partial charge < -0.3 is 15.1 Å². The Morgan fingerprint density at radius 1 is 1.04 bits per heavy atom. The van der Waals surface area contributed by atoms with Crippen LogP contribution in [0.25, 0.3) is 0 Å². The van der Waals surface area contributed by atoms with Crippen molar-refractivity contribution in [1.82, 2.24) is 20.3 Å². The molecule has 0 aliphatic heterocycles. The smallest absolute Gasteiger partial charge is 0.229 e. The summed E-state index contributed by atoms with van der Waals surface area (Å²) >= 11 is 0. The molecule has 1 N–H and O–H groups in total. The van der Waals surface area contributed by atoms with Crippen molar-refractivity contribution in [3.05, 3.63) is 41.2 Å². The minimum absolute atomic E-state index is 0.0566. The first-order chi connectivity index (χ1) is 11.3. The fraction of sp³-hybridized carbons (Fsp3) is 0.412. The van der Waals surface area contributed by atoms with Crippen molar-refractivity contribution in [3.8, 4) is 0 Å². The number of aryl methyl sites for hydroxylation is 1. The summed E-state index contributed by atoms with van der Waals surface area (Å²) in [4.78, 5) is 28.9. The van der Waals surface area contributed by atoms with Gasteiger partial charge in [0, 0.05) is 28.2 Å². The lowest BCUT2D eigenvalue weighted by molar-refractivity contribution is -0.120. The summed E-state index contributed by atoms with van der Waals surface area (Å²) in [5.74, 6) is 1.61. The maximum atomic E-state index is 12.1. The zero-order valence-corrected chi connectivity index (χ0v) is 14.9. The first-order valence-electron chi connectivity index (χ1n) is 7.77. The van der Waals surface area contributed by atoms with E-state index in [1.54, 1.807) is 0 Å². The maximum Gasteiger partial charge on any atom is 0.229 e. The highest BCUT2D eigenvalue weighted by atomic mass is 16.1. The van der Waals surface area contributed by atoms with Crippen LogP contribution in [0, 0.1) is 6.92 Å². The molecule has 1 aromatic carbocycles. The molecule has 0 radical (unpaired) electrons. The van der Waals surface area contributed by atoms with E-state index in [1.165, 1.54) is 0 Å². The molecule has 24 heavy (non-hydrogen) atoms. The van der Waals surface area contributed by atoms with Gasteiger partial charge in [-0.3, -0.25) is 4.79 Å². The summed E-state index contributed by atoms with van der Waals surface area (Å²) in [5, 5.41) is 2.87. The average Bonchev–Trinajstić information content (AvgIpc) is 2.52. The number of benzene rings is 1. The highest BCUT2D eigenvalue weighted by molar-refractivity contribution is 5.78. The summed E-state index contributed by atoms with van der Waals surface area (Å²) in [7, 11) is 7.48. The third-order valence-corrected chi connectivity index (χ3v) is 3.35. The van der Waals surface area contributed by atoms with E-state index in [1.807, 2.05) is 69.2 Å². The lowest BCUT2D eigenvalue weighted by Crippen LogP contribution is -2.27. The van der Waals surface area contributed by atoms with E-state index in [4.69, 9.17) is 0 Å². The number of hydrogen-bond acceptors (Lipinski definition) is 6. The highest BCUT2D eigenvalue weighted by Gasteiger charge is 2.11. The zero-order valence-electron chi connectivity index (χ0n) is 14.9. The Hall–Kier alpha value is -2.70. The van der Waals surface area contributed by atoms with E-state index < -0.39 is 0 Å². The minimum Gasteiger partial charge on any atom is -0.349 e. The number of carbonyl (C=O) groups excluding carboxylic acids is 1. The van der Waals surface area contributed by atoms with Crippen LogP contribution in [0.4, 0.5) is 11.9 Å². The van der Waals surface area contributed by atoms with Crippen molar-refractivity contribution < 1.29 is 4.79 Å². The van der Waals surface area contributed by atoms with Crippen molar-refractivity contribution in [1.29, 1.82) is 0 Å². The second kappa shape index (κ2) is 7.72. The highest BCUT2D eigenvalue weighted by Crippen LogP contribution is 2.10. The van der Waals surface area contributed by atoms with Gasteiger partial charge in [0.05, 0.1) is 13.0 Å². The van der Waals surface area contributed by atoms with Gasteiger partial charge in [0.15, 0.2) is 5.82 Å². The molecule has 2 aromatic rings. The molecule has 0 aliphatic rings. The van der Waals surface area contributed by atoms with Crippen LogP contribution in [0.2, 0.25) is 0 Å². The van der Waals surface area contributed by atoms with Gasteiger partial charge in [-0.2, -0.15) is 15.0 Å². The number of hydrogen-bond donors (Lipinski definition) is 1. The van der Waals surface area contributed by atoms with Crippen LogP contribution in [-0.4, -0.2) is 49.0 Å². The lowest BCUT2D eigenvalue weighted by Gasteiger charge is -2.16. The second-order valence-corrected chi connectivity index (χ2v) is 6.08. The molecule has 2 rings (SSSR count). The molecule has 7 nitrogen and oxygen atoms in total. The number of carbonyl (C=O) groups is 1. The standard InChI is InChI=1S/C17H24N6O/c1-12-7-6-8-13(9-12)10-15(24)18-11-14-19-16(22(2)3)21-17(20-14)23(4)5/h6-9H,10-11H2,1-5H3,(H,18,24). The molecule has 1 heterocycles. The van der Waals surface area contributed by atoms with Gasteiger partial charge in [0.2, 0.25) is 17.8 Å². The number of aromatic nitrogens is 3. The first kappa shape index (κ1) is 17.7. The van der Waals surface area contributed by atoms with Gasteiger partial charge in [-0.25, -0.2) is 0 Å². The number of nitrogens with zero attached hydrogens (tertiary/aromatic N) is 5. The summed E-state index contributed by atoms with van der Waals surface area (Å²) in [6.07, 6.45) is 0.341. The van der Waals surface area contributed by atoms with E-state index in [-0.39, 0.29) is 12.5 Å². The second-order valence-electron chi connectivity index (χ2n) is 6.08. The molecule has 7 heteroatoms. The molecule has 0 spiro atoms. The largest absolute Gasteiger partial charge is 0.349 e. The number of amides is 1. The third-order valence-electron chi connectivity index (χ3n) is 3.35. The van der Waals surface area contributed by atoms with Gasteiger partial charge in [-0.15, -0.1) is 0 Å². The van der Waals surface area contributed by atoms with E-state index in [2.05, 4.69) is 20.3 Å². The molecule has 0 aliphatic carbocycles. The first-order valence-corrected chi connectivity index (χ1v) is 7.77. The van der Waals surface area contributed by atoms with Crippen LogP contribution >= 0.6 is 0 Å². The Balaban J connectivity index is 2.04. The maximum absolute atomic E-state index is 12.1. The predicted octanol–water partition coefficient (Wildman–Crippen LogP) is 1.17. The Morgan fingerprint density at radius 3 is 2.21 bits per heavy atom. The molecule has 0 bridgehead atoms. The van der Waals surface area contributed by atoms with Crippen LogP contribution in [-0.2, 0) is 17.8 Å². The van der Waals surface area contributed by atoms with Crippen LogP contribution < -0.4 is 15.1 Å². The molecule has 128 valence electrons. The van der Waals surface area contributed by atoms with Gasteiger partial charge in [0.1, 0.15) is 0 Å². The van der Waals surface area contributed by atoms with Crippen molar-refractivity contribution >= 4 is 17.8 Å². The van der Waals surface area contributed by atoms with E-state index in [0.717, 1.165) is 11.1 Å². The number of nitrogens with one attached hydrogen (secondary N) is 1.